The number of fused-ring (bicyclic) bond motifs is 2. The van der Waals surface area contributed by atoms with Crippen LogP contribution in [0.15, 0.2) is 34.7 Å². The standard InChI is InChI=1S/C16H13N3O3S2/c1-9-2-5-13-15(17-9)19-16(24-13)23-7-14(20)18-10-3-4-11-12(6-10)22-8-21-11/h2-6H,7-8H2,1H3,(H,18,20). The van der Waals surface area contributed by atoms with Gasteiger partial charge in [-0.3, -0.25) is 4.79 Å². The first kappa shape index (κ1) is 15.2. The van der Waals surface area contributed by atoms with Crippen molar-refractivity contribution < 1.29 is 14.3 Å². The van der Waals surface area contributed by atoms with E-state index >= 15 is 0 Å². The van der Waals surface area contributed by atoms with E-state index in [9.17, 15) is 4.79 Å². The number of rotatable bonds is 4. The fourth-order valence-corrected chi connectivity index (χ4v) is 4.05. The van der Waals surface area contributed by atoms with E-state index in [4.69, 9.17) is 9.47 Å². The van der Waals surface area contributed by atoms with Crippen LogP contribution in [0.5, 0.6) is 11.5 Å². The molecular weight excluding hydrogens is 346 g/mol. The predicted octanol–water partition coefficient (Wildman–Crippen LogP) is 3.46. The molecule has 0 saturated carbocycles. The van der Waals surface area contributed by atoms with Gasteiger partial charge in [0, 0.05) is 17.4 Å². The van der Waals surface area contributed by atoms with Crippen LogP contribution < -0.4 is 14.8 Å². The van der Waals surface area contributed by atoms with Crippen LogP contribution in [0, 0.1) is 6.92 Å². The number of nitrogens with one attached hydrogen (secondary N) is 1. The summed E-state index contributed by atoms with van der Waals surface area (Å²) in [5.41, 5.74) is 2.36. The third-order valence-corrected chi connectivity index (χ3v) is 5.51. The van der Waals surface area contributed by atoms with Gasteiger partial charge in [0.2, 0.25) is 12.7 Å². The third-order valence-electron chi connectivity index (χ3n) is 3.36. The second-order valence-electron chi connectivity index (χ2n) is 5.16. The van der Waals surface area contributed by atoms with E-state index in [0.717, 1.165) is 20.4 Å². The van der Waals surface area contributed by atoms with E-state index in [1.807, 2.05) is 19.1 Å². The Hall–Kier alpha value is -2.32. The average Bonchev–Trinajstić information content (AvgIpc) is 3.18. The summed E-state index contributed by atoms with van der Waals surface area (Å²) in [4.78, 5) is 21.0. The van der Waals surface area contributed by atoms with E-state index in [0.29, 0.717) is 17.2 Å². The molecular formula is C16H13N3O3S2. The van der Waals surface area contributed by atoms with Crippen LogP contribution in [0.4, 0.5) is 5.69 Å². The molecule has 8 heteroatoms. The first-order valence-corrected chi connectivity index (χ1v) is 9.04. The topological polar surface area (TPSA) is 73.3 Å². The van der Waals surface area contributed by atoms with Crippen LogP contribution in [-0.4, -0.2) is 28.4 Å². The second kappa shape index (κ2) is 6.29. The Labute approximate surface area is 146 Å². The summed E-state index contributed by atoms with van der Waals surface area (Å²) < 4.78 is 12.4. The maximum Gasteiger partial charge on any atom is 0.234 e. The number of pyridine rings is 1. The Morgan fingerprint density at radius 2 is 2.12 bits per heavy atom. The minimum absolute atomic E-state index is 0.0951. The first-order valence-electron chi connectivity index (χ1n) is 7.24. The number of carbonyl (C=O) groups excluding carboxylic acids is 1. The zero-order valence-corrected chi connectivity index (χ0v) is 14.4. The highest BCUT2D eigenvalue weighted by atomic mass is 32.2. The summed E-state index contributed by atoms with van der Waals surface area (Å²) >= 11 is 2.95. The first-order chi connectivity index (χ1) is 11.7. The molecule has 4 rings (SSSR count). The normalized spacial score (nSPS) is 12.5. The maximum atomic E-state index is 12.1. The van der Waals surface area contributed by atoms with Gasteiger partial charge in [0.25, 0.3) is 0 Å². The SMILES string of the molecule is Cc1ccc2sc(SCC(=O)Nc3ccc4c(c3)OCO4)nc2n1. The van der Waals surface area contributed by atoms with Gasteiger partial charge in [0.05, 0.1) is 10.5 Å². The predicted molar refractivity (Wildman–Crippen MR) is 94.1 cm³/mol. The number of hydrogen-bond donors (Lipinski definition) is 1. The number of aromatic nitrogens is 2. The number of aryl methyl sites for hydroxylation is 1. The van der Waals surface area contributed by atoms with Crippen LogP contribution in [-0.2, 0) is 4.79 Å². The molecule has 0 unspecified atom stereocenters. The zero-order chi connectivity index (χ0) is 16.5. The van der Waals surface area contributed by atoms with Crippen LogP contribution in [0.25, 0.3) is 10.3 Å². The lowest BCUT2D eigenvalue weighted by Crippen LogP contribution is -2.13. The summed E-state index contributed by atoms with van der Waals surface area (Å²) in [6, 6.07) is 9.30. The van der Waals surface area contributed by atoms with E-state index in [-0.39, 0.29) is 18.5 Å². The van der Waals surface area contributed by atoms with Crippen LogP contribution in [0.2, 0.25) is 0 Å². The Morgan fingerprint density at radius 3 is 3.04 bits per heavy atom. The van der Waals surface area contributed by atoms with Crippen molar-refractivity contribution in [3.05, 3.63) is 36.0 Å². The molecule has 1 aliphatic rings. The lowest BCUT2D eigenvalue weighted by atomic mass is 10.3. The summed E-state index contributed by atoms with van der Waals surface area (Å²) in [6.07, 6.45) is 0. The number of anilines is 1. The fourth-order valence-electron chi connectivity index (χ4n) is 2.25. The van der Waals surface area contributed by atoms with Crippen LogP contribution in [0.3, 0.4) is 0 Å². The van der Waals surface area contributed by atoms with Crippen molar-refractivity contribution in [3.63, 3.8) is 0 Å². The molecule has 0 fully saturated rings. The molecule has 122 valence electrons. The molecule has 1 aromatic carbocycles. The molecule has 2 aromatic heterocycles. The minimum atomic E-state index is -0.0951. The number of thioether (sulfide) groups is 1. The Balaban J connectivity index is 1.39. The zero-order valence-electron chi connectivity index (χ0n) is 12.7. The molecule has 0 radical (unpaired) electrons. The lowest BCUT2D eigenvalue weighted by molar-refractivity contribution is -0.113. The molecule has 3 heterocycles. The number of ether oxygens (including phenoxy) is 2. The highest BCUT2D eigenvalue weighted by Crippen LogP contribution is 2.34. The summed E-state index contributed by atoms with van der Waals surface area (Å²) in [7, 11) is 0. The summed E-state index contributed by atoms with van der Waals surface area (Å²) in [5.74, 6) is 1.53. The van der Waals surface area contributed by atoms with E-state index in [1.54, 1.807) is 29.5 Å². The van der Waals surface area contributed by atoms with Crippen molar-refractivity contribution >= 4 is 45.0 Å². The second-order valence-corrected chi connectivity index (χ2v) is 7.41. The summed E-state index contributed by atoms with van der Waals surface area (Å²) in [6.45, 7) is 2.15. The smallest absolute Gasteiger partial charge is 0.234 e. The van der Waals surface area contributed by atoms with E-state index in [1.165, 1.54) is 11.8 Å². The van der Waals surface area contributed by atoms with Crippen molar-refractivity contribution in [2.24, 2.45) is 0 Å². The van der Waals surface area contributed by atoms with Gasteiger partial charge in [-0.1, -0.05) is 11.8 Å². The molecule has 24 heavy (non-hydrogen) atoms. The lowest BCUT2D eigenvalue weighted by Gasteiger charge is -2.05. The van der Waals surface area contributed by atoms with Gasteiger partial charge >= 0.3 is 0 Å². The van der Waals surface area contributed by atoms with Gasteiger partial charge in [0.15, 0.2) is 21.5 Å². The van der Waals surface area contributed by atoms with Crippen LogP contribution in [0.1, 0.15) is 5.69 Å². The molecule has 0 aliphatic carbocycles. The van der Waals surface area contributed by atoms with E-state index in [2.05, 4.69) is 15.3 Å². The van der Waals surface area contributed by atoms with Gasteiger partial charge in [-0.2, -0.15) is 0 Å². The summed E-state index contributed by atoms with van der Waals surface area (Å²) in [5, 5.41) is 2.85. The van der Waals surface area contributed by atoms with Gasteiger partial charge in [-0.25, -0.2) is 9.97 Å². The third kappa shape index (κ3) is 3.15. The highest BCUT2D eigenvalue weighted by molar-refractivity contribution is 8.01. The van der Waals surface area contributed by atoms with Gasteiger partial charge < -0.3 is 14.8 Å². The Morgan fingerprint density at radius 1 is 1.25 bits per heavy atom. The minimum Gasteiger partial charge on any atom is -0.454 e. The average molecular weight is 359 g/mol. The Kier molecular flexibility index (Phi) is 3.99. The molecule has 0 saturated heterocycles. The van der Waals surface area contributed by atoms with Gasteiger partial charge in [-0.05, 0) is 31.2 Å². The number of nitrogens with zero attached hydrogens (tertiary/aromatic N) is 2. The quantitative estimate of drug-likeness (QED) is 0.719. The van der Waals surface area contributed by atoms with E-state index < -0.39 is 0 Å². The van der Waals surface area contributed by atoms with Gasteiger partial charge in [0.1, 0.15) is 0 Å². The van der Waals surface area contributed by atoms with Crippen molar-refractivity contribution in [3.8, 4) is 11.5 Å². The highest BCUT2D eigenvalue weighted by Gasteiger charge is 2.14. The fraction of sp³-hybridized carbons (Fsp3) is 0.188. The molecule has 1 N–H and O–H groups in total. The number of thiazole rings is 1. The molecule has 1 aliphatic heterocycles. The molecule has 0 spiro atoms. The molecule has 3 aromatic rings. The van der Waals surface area contributed by atoms with Crippen molar-refractivity contribution in [2.75, 3.05) is 17.9 Å². The van der Waals surface area contributed by atoms with Crippen molar-refractivity contribution in [2.45, 2.75) is 11.3 Å². The largest absolute Gasteiger partial charge is 0.454 e. The number of benzene rings is 1. The molecule has 0 atom stereocenters. The van der Waals surface area contributed by atoms with Crippen LogP contribution >= 0.6 is 23.1 Å². The van der Waals surface area contributed by atoms with Gasteiger partial charge in [-0.15, -0.1) is 11.3 Å². The maximum absolute atomic E-state index is 12.1. The molecule has 1 amide bonds. The Bertz CT molecular complexity index is 926. The number of carbonyl (C=O) groups is 1. The molecule has 0 bridgehead atoms. The van der Waals surface area contributed by atoms with Crippen molar-refractivity contribution in [1.29, 1.82) is 0 Å². The number of amides is 1. The monoisotopic (exact) mass is 359 g/mol. The number of hydrogen-bond acceptors (Lipinski definition) is 7. The van der Waals surface area contributed by atoms with Crippen molar-refractivity contribution in [1.82, 2.24) is 9.97 Å². The molecule has 6 nitrogen and oxygen atoms in total.